The standard InChI is InChI=1S/C14H18N4O4S2/c1-17-10-12(13(19)15-9-11-3-2-6-22-11)14(16-17)24(20,21)18-4-7-23-8-5-18/h2-3,6,10H,4-5,7-9H2,1H3,(H,15,19). The Morgan fingerprint density at radius 3 is 2.83 bits per heavy atom. The van der Waals surface area contributed by atoms with Gasteiger partial charge in [-0.2, -0.15) is 21.2 Å². The number of thioether (sulfide) groups is 1. The van der Waals surface area contributed by atoms with Gasteiger partial charge in [-0.1, -0.05) is 0 Å². The van der Waals surface area contributed by atoms with Gasteiger partial charge in [-0.3, -0.25) is 9.48 Å². The topological polar surface area (TPSA) is 97.4 Å². The molecule has 0 spiro atoms. The van der Waals surface area contributed by atoms with Gasteiger partial charge in [0, 0.05) is 37.8 Å². The Hall–Kier alpha value is -1.78. The molecule has 8 nitrogen and oxygen atoms in total. The van der Waals surface area contributed by atoms with Gasteiger partial charge >= 0.3 is 0 Å². The lowest BCUT2D eigenvalue weighted by Crippen LogP contribution is -2.39. The van der Waals surface area contributed by atoms with Gasteiger partial charge in [-0.25, -0.2) is 8.42 Å². The quantitative estimate of drug-likeness (QED) is 0.831. The van der Waals surface area contributed by atoms with E-state index in [9.17, 15) is 13.2 Å². The fourth-order valence-corrected chi connectivity index (χ4v) is 5.10. The molecule has 2 aromatic heterocycles. The molecule has 3 rings (SSSR count). The number of carbonyl (C=O) groups excluding carboxylic acids is 1. The highest BCUT2D eigenvalue weighted by Crippen LogP contribution is 2.22. The van der Waals surface area contributed by atoms with Gasteiger partial charge in [0.25, 0.3) is 15.9 Å². The van der Waals surface area contributed by atoms with Crippen molar-refractivity contribution in [1.29, 1.82) is 0 Å². The molecule has 1 fully saturated rings. The van der Waals surface area contributed by atoms with E-state index < -0.39 is 15.9 Å². The van der Waals surface area contributed by atoms with Gasteiger partial charge in [0.2, 0.25) is 5.03 Å². The normalized spacial score (nSPS) is 16.2. The summed E-state index contributed by atoms with van der Waals surface area (Å²) in [6, 6.07) is 3.45. The summed E-state index contributed by atoms with van der Waals surface area (Å²) < 4.78 is 33.5. The summed E-state index contributed by atoms with van der Waals surface area (Å²) in [4.78, 5) is 12.4. The lowest BCUT2D eigenvalue weighted by Gasteiger charge is -2.24. The van der Waals surface area contributed by atoms with E-state index in [0.717, 1.165) is 11.5 Å². The first-order valence-corrected chi connectivity index (χ1v) is 10.00. The number of nitrogens with zero attached hydrogens (tertiary/aromatic N) is 3. The van der Waals surface area contributed by atoms with E-state index in [1.165, 1.54) is 21.4 Å². The maximum Gasteiger partial charge on any atom is 0.263 e. The van der Waals surface area contributed by atoms with Gasteiger partial charge in [0.1, 0.15) is 5.76 Å². The summed E-state index contributed by atoms with van der Waals surface area (Å²) >= 11 is 1.71. The molecule has 0 radical (unpaired) electrons. The SMILES string of the molecule is Cn1cc(C(=O)NCc2ccco2)c(S(=O)(=O)N2CCSCC2)n1. The first kappa shape index (κ1) is 17.1. The van der Waals surface area contributed by atoms with Crippen molar-refractivity contribution in [1.82, 2.24) is 19.4 Å². The molecule has 10 heteroatoms. The molecule has 0 bridgehead atoms. The van der Waals surface area contributed by atoms with Crippen LogP contribution in [0.1, 0.15) is 16.1 Å². The Bertz CT molecular complexity index is 808. The Balaban J connectivity index is 1.82. The predicted octanol–water partition coefficient (Wildman–Crippen LogP) is 0.681. The van der Waals surface area contributed by atoms with E-state index in [4.69, 9.17) is 4.42 Å². The maximum absolute atomic E-state index is 12.8. The van der Waals surface area contributed by atoms with Crippen LogP contribution in [-0.2, 0) is 23.6 Å². The predicted molar refractivity (Wildman–Crippen MR) is 89.2 cm³/mol. The summed E-state index contributed by atoms with van der Waals surface area (Å²) in [7, 11) is -2.19. The van der Waals surface area contributed by atoms with Crippen LogP contribution in [0.15, 0.2) is 34.0 Å². The van der Waals surface area contributed by atoms with Crippen LogP contribution in [0.3, 0.4) is 0 Å². The van der Waals surface area contributed by atoms with Crippen molar-refractivity contribution in [2.45, 2.75) is 11.6 Å². The molecule has 3 heterocycles. The molecule has 1 N–H and O–H groups in total. The molecule has 24 heavy (non-hydrogen) atoms. The van der Waals surface area contributed by atoms with Crippen LogP contribution in [-0.4, -0.2) is 53.0 Å². The van der Waals surface area contributed by atoms with E-state index in [1.54, 1.807) is 30.9 Å². The van der Waals surface area contributed by atoms with Crippen molar-refractivity contribution in [2.24, 2.45) is 7.05 Å². The molecule has 1 saturated heterocycles. The second-order valence-electron chi connectivity index (χ2n) is 5.30. The highest BCUT2D eigenvalue weighted by Gasteiger charge is 2.33. The minimum absolute atomic E-state index is 0.0438. The van der Waals surface area contributed by atoms with Crippen LogP contribution in [0.25, 0.3) is 0 Å². The highest BCUT2D eigenvalue weighted by atomic mass is 32.2. The number of amides is 1. The van der Waals surface area contributed by atoms with Crippen LogP contribution in [0.5, 0.6) is 0 Å². The van der Waals surface area contributed by atoms with Crippen molar-refractivity contribution in [3.8, 4) is 0 Å². The lowest BCUT2D eigenvalue weighted by molar-refractivity contribution is 0.0944. The molecule has 2 aromatic rings. The van der Waals surface area contributed by atoms with Crippen molar-refractivity contribution in [3.05, 3.63) is 35.9 Å². The molecule has 0 aromatic carbocycles. The second kappa shape index (κ2) is 6.99. The Morgan fingerprint density at radius 2 is 2.17 bits per heavy atom. The summed E-state index contributed by atoms with van der Waals surface area (Å²) in [6.07, 6.45) is 2.93. The van der Waals surface area contributed by atoms with Crippen molar-refractivity contribution in [3.63, 3.8) is 0 Å². The van der Waals surface area contributed by atoms with Crippen molar-refractivity contribution >= 4 is 27.7 Å². The first-order valence-electron chi connectivity index (χ1n) is 7.40. The summed E-state index contributed by atoms with van der Waals surface area (Å²) in [5.41, 5.74) is 0.0438. The van der Waals surface area contributed by atoms with Crippen molar-refractivity contribution in [2.75, 3.05) is 24.6 Å². The average molecular weight is 370 g/mol. The number of carbonyl (C=O) groups is 1. The fraction of sp³-hybridized carbons (Fsp3) is 0.429. The molecule has 0 atom stereocenters. The number of sulfonamides is 1. The number of aryl methyl sites for hydroxylation is 1. The zero-order valence-electron chi connectivity index (χ0n) is 13.1. The molecule has 0 unspecified atom stereocenters. The molecule has 0 saturated carbocycles. The van der Waals surface area contributed by atoms with E-state index in [2.05, 4.69) is 10.4 Å². The lowest BCUT2D eigenvalue weighted by atomic mass is 10.3. The number of hydrogen-bond donors (Lipinski definition) is 1. The first-order chi connectivity index (χ1) is 11.5. The van der Waals surface area contributed by atoms with Crippen molar-refractivity contribution < 1.29 is 17.6 Å². The molecular weight excluding hydrogens is 352 g/mol. The Kier molecular flexibility index (Phi) is 4.97. The van der Waals surface area contributed by atoms with E-state index in [-0.39, 0.29) is 17.1 Å². The third kappa shape index (κ3) is 3.50. The molecular formula is C14H18N4O4S2. The van der Waals surface area contributed by atoms with Gasteiger partial charge in [-0.15, -0.1) is 0 Å². The van der Waals surface area contributed by atoms with Crippen LogP contribution >= 0.6 is 11.8 Å². The van der Waals surface area contributed by atoms with Gasteiger partial charge in [0.15, 0.2) is 0 Å². The Morgan fingerprint density at radius 1 is 1.42 bits per heavy atom. The molecule has 1 aliphatic heterocycles. The summed E-state index contributed by atoms with van der Waals surface area (Å²) in [6.45, 7) is 1.04. The van der Waals surface area contributed by atoms with E-state index >= 15 is 0 Å². The maximum atomic E-state index is 12.8. The average Bonchev–Trinajstić information content (AvgIpc) is 3.23. The van der Waals surface area contributed by atoms with Gasteiger partial charge in [0.05, 0.1) is 18.4 Å². The van der Waals surface area contributed by atoms with E-state index in [0.29, 0.717) is 18.8 Å². The third-order valence-corrected chi connectivity index (χ3v) is 6.37. The third-order valence-electron chi connectivity index (χ3n) is 3.60. The smallest absolute Gasteiger partial charge is 0.263 e. The van der Waals surface area contributed by atoms with Gasteiger partial charge in [-0.05, 0) is 12.1 Å². The molecule has 130 valence electrons. The van der Waals surface area contributed by atoms with Crippen LogP contribution in [0.4, 0.5) is 0 Å². The summed E-state index contributed by atoms with van der Waals surface area (Å²) in [5.74, 6) is 1.58. The Labute approximate surface area is 144 Å². The molecule has 1 amide bonds. The fourth-order valence-electron chi connectivity index (χ4n) is 2.40. The number of furan rings is 1. The number of rotatable bonds is 5. The van der Waals surface area contributed by atoms with Gasteiger partial charge < -0.3 is 9.73 Å². The molecule has 1 aliphatic rings. The van der Waals surface area contributed by atoms with Crippen LogP contribution in [0, 0.1) is 0 Å². The zero-order chi connectivity index (χ0) is 17.2. The van der Waals surface area contributed by atoms with Crippen LogP contribution < -0.4 is 5.32 Å². The highest BCUT2D eigenvalue weighted by molar-refractivity contribution is 7.99. The number of hydrogen-bond acceptors (Lipinski definition) is 6. The van der Waals surface area contributed by atoms with E-state index in [1.807, 2.05) is 0 Å². The largest absolute Gasteiger partial charge is 0.467 e. The summed E-state index contributed by atoms with van der Waals surface area (Å²) in [5, 5.41) is 6.48. The minimum atomic E-state index is -3.79. The monoisotopic (exact) mass is 370 g/mol. The second-order valence-corrected chi connectivity index (χ2v) is 8.38. The van der Waals surface area contributed by atoms with Crippen LogP contribution in [0.2, 0.25) is 0 Å². The zero-order valence-corrected chi connectivity index (χ0v) is 14.8. The minimum Gasteiger partial charge on any atom is -0.467 e. The molecule has 0 aliphatic carbocycles. The number of aromatic nitrogens is 2. The number of nitrogens with one attached hydrogen (secondary N) is 1.